The molecule has 8 nitrogen and oxygen atoms in total. The Morgan fingerprint density at radius 2 is 0.920 bits per heavy atom. The van der Waals surface area contributed by atoms with Crippen LogP contribution < -0.4 is 0 Å². The van der Waals surface area contributed by atoms with Gasteiger partial charge in [-0.1, -0.05) is 139 Å². The number of carbonyl (C=O) groups excluding carboxylic acids is 2. The highest BCUT2D eigenvalue weighted by Crippen LogP contribution is 2.36. The molecule has 0 saturated heterocycles. The van der Waals surface area contributed by atoms with Crippen LogP contribution in [0.4, 0.5) is 0 Å². The van der Waals surface area contributed by atoms with E-state index in [1.807, 2.05) is 6.08 Å². The van der Waals surface area contributed by atoms with Crippen LogP contribution in [0, 0.1) is 0 Å². The van der Waals surface area contributed by atoms with E-state index in [1.165, 1.54) is 64.2 Å². The van der Waals surface area contributed by atoms with E-state index in [-0.39, 0.29) is 19.4 Å². The van der Waals surface area contributed by atoms with E-state index in [4.69, 9.17) is 19.3 Å². The maximum absolute atomic E-state index is 12.4. The standard InChI is InChI=1S/C41H71O8P/c1-3-5-7-9-11-13-15-17-19-20-22-24-26-28-30-32-34-36-41(43)49-39(38-48-50(44,45)46)37-47-40(42)35-33-31-29-27-25-23-21-18-16-14-12-10-8-6-4-2/h12,14,17-19,21-22,24,28,30,39H,3-11,13,15-16,20,23,25-27,29,31-38H2,1-2H3,(H2,44,45,46)/b14-12+,19-17+,21-18+,24-22+,30-28+/t39-/m1/s1. The average molecular weight is 723 g/mol. The van der Waals surface area contributed by atoms with Crippen molar-refractivity contribution in [3.8, 4) is 0 Å². The first-order chi connectivity index (χ1) is 24.3. The van der Waals surface area contributed by atoms with Crippen LogP contribution in [0.25, 0.3) is 0 Å². The highest BCUT2D eigenvalue weighted by molar-refractivity contribution is 7.46. The Bertz CT molecular complexity index is 995. The number of hydrogen-bond acceptors (Lipinski definition) is 6. The van der Waals surface area contributed by atoms with Crippen LogP contribution in [0.1, 0.15) is 168 Å². The third-order valence-corrected chi connectivity index (χ3v) is 8.49. The van der Waals surface area contributed by atoms with Gasteiger partial charge in [0.15, 0.2) is 6.10 Å². The molecule has 0 aliphatic carbocycles. The van der Waals surface area contributed by atoms with Crippen molar-refractivity contribution in [3.05, 3.63) is 60.8 Å². The maximum Gasteiger partial charge on any atom is 0.469 e. The molecular formula is C41H71O8P. The maximum atomic E-state index is 12.4. The molecule has 0 unspecified atom stereocenters. The molecule has 0 spiro atoms. The summed E-state index contributed by atoms with van der Waals surface area (Å²) in [6.45, 7) is 3.58. The molecule has 0 aliphatic heterocycles. The van der Waals surface area contributed by atoms with Gasteiger partial charge in [-0.05, 0) is 77.0 Å². The van der Waals surface area contributed by atoms with Crippen molar-refractivity contribution < 1.29 is 37.9 Å². The zero-order valence-electron chi connectivity index (χ0n) is 31.5. The van der Waals surface area contributed by atoms with E-state index in [0.717, 1.165) is 57.8 Å². The predicted octanol–water partition coefficient (Wildman–Crippen LogP) is 11.7. The predicted molar refractivity (Wildman–Crippen MR) is 207 cm³/mol. The van der Waals surface area contributed by atoms with Crippen molar-refractivity contribution in [2.24, 2.45) is 0 Å². The minimum Gasteiger partial charge on any atom is -0.462 e. The van der Waals surface area contributed by atoms with Crippen LogP contribution in [-0.2, 0) is 28.2 Å². The molecule has 0 heterocycles. The molecule has 0 amide bonds. The van der Waals surface area contributed by atoms with E-state index in [2.05, 4.69) is 73.1 Å². The van der Waals surface area contributed by atoms with Gasteiger partial charge in [0, 0.05) is 12.8 Å². The summed E-state index contributed by atoms with van der Waals surface area (Å²) >= 11 is 0. The molecule has 0 aliphatic rings. The number of ether oxygens (including phenoxy) is 2. The highest BCUT2D eigenvalue weighted by Gasteiger charge is 2.22. The molecule has 0 aromatic heterocycles. The molecule has 0 radical (unpaired) electrons. The quantitative estimate of drug-likeness (QED) is 0.0287. The second-order valence-corrected chi connectivity index (χ2v) is 14.1. The largest absolute Gasteiger partial charge is 0.469 e. The lowest BCUT2D eigenvalue weighted by atomic mass is 10.1. The molecule has 0 aromatic carbocycles. The van der Waals surface area contributed by atoms with Crippen molar-refractivity contribution in [1.82, 2.24) is 0 Å². The molecule has 50 heavy (non-hydrogen) atoms. The van der Waals surface area contributed by atoms with Gasteiger partial charge in [-0.25, -0.2) is 4.57 Å². The van der Waals surface area contributed by atoms with Gasteiger partial charge < -0.3 is 19.3 Å². The first-order valence-corrected chi connectivity index (χ1v) is 21.1. The Balaban J connectivity index is 4.08. The van der Waals surface area contributed by atoms with Crippen LogP contribution in [-0.4, -0.2) is 41.0 Å². The summed E-state index contributed by atoms with van der Waals surface area (Å²) in [4.78, 5) is 42.7. The molecule has 0 aromatic rings. The zero-order chi connectivity index (χ0) is 36.8. The third-order valence-electron chi connectivity index (χ3n) is 8.01. The summed E-state index contributed by atoms with van der Waals surface area (Å²) in [6, 6.07) is 0. The van der Waals surface area contributed by atoms with Crippen molar-refractivity contribution >= 4 is 19.8 Å². The van der Waals surface area contributed by atoms with Gasteiger partial charge in [-0.2, -0.15) is 0 Å². The molecule has 0 bridgehead atoms. The Kier molecular flexibility index (Phi) is 34.9. The molecule has 0 fully saturated rings. The molecule has 0 saturated carbocycles. The van der Waals surface area contributed by atoms with Crippen LogP contribution in [0.15, 0.2) is 60.8 Å². The lowest BCUT2D eigenvalue weighted by Crippen LogP contribution is -2.29. The van der Waals surface area contributed by atoms with Gasteiger partial charge in [-0.15, -0.1) is 0 Å². The van der Waals surface area contributed by atoms with E-state index in [9.17, 15) is 14.2 Å². The first kappa shape index (κ1) is 47.8. The minimum atomic E-state index is -4.77. The van der Waals surface area contributed by atoms with Crippen molar-refractivity contribution in [3.63, 3.8) is 0 Å². The Labute approximate surface area is 305 Å². The summed E-state index contributed by atoms with van der Waals surface area (Å²) in [5, 5.41) is 0. The van der Waals surface area contributed by atoms with Gasteiger partial charge in [0.25, 0.3) is 0 Å². The van der Waals surface area contributed by atoms with E-state index < -0.39 is 32.5 Å². The third kappa shape index (κ3) is 38.6. The first-order valence-electron chi connectivity index (χ1n) is 19.6. The van der Waals surface area contributed by atoms with Gasteiger partial charge in [0.2, 0.25) is 0 Å². The van der Waals surface area contributed by atoms with E-state index in [1.54, 1.807) is 0 Å². The fourth-order valence-electron chi connectivity index (χ4n) is 5.06. The van der Waals surface area contributed by atoms with Crippen LogP contribution >= 0.6 is 7.82 Å². The van der Waals surface area contributed by atoms with E-state index >= 15 is 0 Å². The number of unbranched alkanes of at least 4 members (excludes halogenated alkanes) is 15. The molecule has 288 valence electrons. The number of allylic oxidation sites excluding steroid dienone is 10. The van der Waals surface area contributed by atoms with Crippen LogP contribution in [0.3, 0.4) is 0 Å². The summed E-state index contributed by atoms with van der Waals surface area (Å²) in [7, 11) is -4.77. The van der Waals surface area contributed by atoms with Crippen molar-refractivity contribution in [1.29, 1.82) is 0 Å². The Morgan fingerprint density at radius 1 is 0.520 bits per heavy atom. The fraction of sp³-hybridized carbons (Fsp3) is 0.707. The number of hydrogen-bond donors (Lipinski definition) is 2. The van der Waals surface area contributed by atoms with Gasteiger partial charge in [-0.3, -0.25) is 14.1 Å². The number of esters is 2. The molecule has 1 atom stereocenters. The van der Waals surface area contributed by atoms with Crippen molar-refractivity contribution in [2.45, 2.75) is 174 Å². The summed E-state index contributed by atoms with van der Waals surface area (Å²) < 4.78 is 26.3. The fourth-order valence-corrected chi connectivity index (χ4v) is 5.42. The van der Waals surface area contributed by atoms with Crippen LogP contribution in [0.2, 0.25) is 0 Å². The number of carbonyl (C=O) groups is 2. The van der Waals surface area contributed by atoms with Gasteiger partial charge in [0.1, 0.15) is 6.61 Å². The topological polar surface area (TPSA) is 119 Å². The van der Waals surface area contributed by atoms with Crippen LogP contribution in [0.5, 0.6) is 0 Å². The summed E-state index contributed by atoms with van der Waals surface area (Å²) in [6.07, 6.45) is 45.2. The second kappa shape index (κ2) is 36.5. The van der Waals surface area contributed by atoms with Crippen molar-refractivity contribution in [2.75, 3.05) is 13.2 Å². The Hall–Kier alpha value is -2.25. The SMILES string of the molecule is CCCCC/C=C/C/C=C/CCCCCCCC(=O)OC[C@H](COP(=O)(O)O)OC(=O)CCC/C=C/C/C=C/C/C=C/CCCCCCCC. The molecule has 0 rings (SSSR count). The van der Waals surface area contributed by atoms with Gasteiger partial charge in [0.05, 0.1) is 6.61 Å². The number of phosphoric acid groups is 1. The smallest absolute Gasteiger partial charge is 0.462 e. The lowest BCUT2D eigenvalue weighted by Gasteiger charge is -2.18. The average Bonchev–Trinajstić information content (AvgIpc) is 3.08. The molecular weight excluding hydrogens is 651 g/mol. The molecule has 2 N–H and O–H groups in total. The lowest BCUT2D eigenvalue weighted by molar-refractivity contribution is -0.161. The molecule has 9 heteroatoms. The summed E-state index contributed by atoms with van der Waals surface area (Å²) in [5.41, 5.74) is 0. The summed E-state index contributed by atoms with van der Waals surface area (Å²) in [5.74, 6) is -0.966. The monoisotopic (exact) mass is 722 g/mol. The number of rotatable bonds is 35. The Morgan fingerprint density at radius 3 is 1.44 bits per heavy atom. The van der Waals surface area contributed by atoms with Gasteiger partial charge >= 0.3 is 19.8 Å². The zero-order valence-corrected chi connectivity index (χ0v) is 32.4. The minimum absolute atomic E-state index is 0.135. The number of phosphoric ester groups is 1. The highest BCUT2D eigenvalue weighted by atomic mass is 31.2. The second-order valence-electron chi connectivity index (χ2n) is 12.9. The normalized spacial score (nSPS) is 13.1. The van der Waals surface area contributed by atoms with E-state index in [0.29, 0.717) is 19.3 Å².